The molecule has 0 aromatic heterocycles. The number of hydrogen-bond donors (Lipinski definition) is 2. The predicted octanol–water partition coefficient (Wildman–Crippen LogP) is 1.31. The van der Waals surface area contributed by atoms with Crippen molar-refractivity contribution in [2.24, 2.45) is 4.99 Å². The fourth-order valence-electron chi connectivity index (χ4n) is 1.47. The van der Waals surface area contributed by atoms with Crippen LogP contribution in [0.5, 0.6) is 0 Å². The van der Waals surface area contributed by atoms with E-state index in [9.17, 15) is 0 Å². The fourth-order valence-corrected chi connectivity index (χ4v) is 1.47. The molecule has 1 aliphatic heterocycles. The molecule has 0 bridgehead atoms. The van der Waals surface area contributed by atoms with Gasteiger partial charge in [-0.2, -0.15) is 0 Å². The highest BCUT2D eigenvalue weighted by Crippen LogP contribution is 1.97. The fraction of sp³-hybridized carbons (Fsp3) is 0.818. The largest absolute Gasteiger partial charge is 0.383 e. The molecular weight excluding hydrogens is 174 g/mol. The third kappa shape index (κ3) is 6.70. The Morgan fingerprint density at radius 2 is 1.71 bits per heavy atom. The first kappa shape index (κ1) is 11.3. The SMILES string of the molecule is C1=CNCCCCCCNCCCN=1. The van der Waals surface area contributed by atoms with E-state index in [0.29, 0.717) is 0 Å². The second kappa shape index (κ2) is 8.79. The molecule has 3 heteroatoms. The molecule has 3 nitrogen and oxygen atoms in total. The number of rotatable bonds is 0. The summed E-state index contributed by atoms with van der Waals surface area (Å²) in [6.45, 7) is 4.17. The molecule has 0 spiro atoms. The molecule has 2 N–H and O–H groups in total. The van der Waals surface area contributed by atoms with Crippen LogP contribution in [0, 0.1) is 0 Å². The summed E-state index contributed by atoms with van der Waals surface area (Å²) in [5.74, 6) is 2.90. The van der Waals surface area contributed by atoms with Crippen LogP contribution < -0.4 is 10.6 Å². The Labute approximate surface area is 86.7 Å². The summed E-state index contributed by atoms with van der Waals surface area (Å²) in [5, 5.41) is 6.62. The van der Waals surface area contributed by atoms with Crippen LogP contribution >= 0.6 is 0 Å². The molecule has 80 valence electrons. The lowest BCUT2D eigenvalue weighted by Gasteiger charge is -2.04. The number of hydrogen-bond acceptors (Lipinski definition) is 3. The maximum atomic E-state index is 4.15. The summed E-state index contributed by atoms with van der Waals surface area (Å²) in [5.41, 5.74) is 0. The normalized spacial score (nSPS) is 21.1. The average molecular weight is 195 g/mol. The average Bonchev–Trinajstić information content (AvgIpc) is 2.22. The number of nitrogens with zero attached hydrogens (tertiary/aromatic N) is 1. The first-order chi connectivity index (χ1) is 7.00. The van der Waals surface area contributed by atoms with Crippen molar-refractivity contribution in [1.82, 2.24) is 10.6 Å². The van der Waals surface area contributed by atoms with Gasteiger partial charge in [0, 0.05) is 13.1 Å². The van der Waals surface area contributed by atoms with Crippen LogP contribution in [-0.2, 0) is 0 Å². The Bertz CT molecular complexity index is 167. The zero-order valence-corrected chi connectivity index (χ0v) is 8.89. The third-order valence-electron chi connectivity index (χ3n) is 2.31. The van der Waals surface area contributed by atoms with Gasteiger partial charge in [0.25, 0.3) is 0 Å². The molecule has 1 aliphatic rings. The summed E-state index contributed by atoms with van der Waals surface area (Å²) in [7, 11) is 0. The van der Waals surface area contributed by atoms with Gasteiger partial charge < -0.3 is 10.6 Å². The van der Waals surface area contributed by atoms with Crippen molar-refractivity contribution >= 4 is 5.87 Å². The van der Waals surface area contributed by atoms with Crippen LogP contribution in [0.1, 0.15) is 32.1 Å². The van der Waals surface area contributed by atoms with E-state index in [-0.39, 0.29) is 0 Å². The van der Waals surface area contributed by atoms with Crippen molar-refractivity contribution < 1.29 is 0 Å². The summed E-state index contributed by atoms with van der Waals surface area (Å²) >= 11 is 0. The molecule has 0 radical (unpaired) electrons. The zero-order valence-electron chi connectivity index (χ0n) is 8.89. The van der Waals surface area contributed by atoms with E-state index in [1.54, 1.807) is 0 Å². The van der Waals surface area contributed by atoms with Crippen molar-refractivity contribution in [1.29, 1.82) is 0 Å². The molecule has 1 rings (SSSR count). The first-order valence-electron chi connectivity index (χ1n) is 5.68. The Morgan fingerprint density at radius 3 is 2.64 bits per heavy atom. The lowest BCUT2D eigenvalue weighted by Crippen LogP contribution is -2.17. The molecule has 0 aromatic carbocycles. The minimum Gasteiger partial charge on any atom is -0.383 e. The third-order valence-corrected chi connectivity index (χ3v) is 2.31. The molecule has 0 unspecified atom stereocenters. The van der Waals surface area contributed by atoms with Crippen LogP contribution in [0.2, 0.25) is 0 Å². The molecule has 0 atom stereocenters. The molecule has 14 heavy (non-hydrogen) atoms. The molecule has 0 saturated heterocycles. The molecule has 0 aliphatic carbocycles. The second-order valence-electron chi connectivity index (χ2n) is 3.63. The lowest BCUT2D eigenvalue weighted by molar-refractivity contribution is 0.574. The van der Waals surface area contributed by atoms with Gasteiger partial charge in [-0.05, 0) is 38.2 Å². The monoisotopic (exact) mass is 195 g/mol. The van der Waals surface area contributed by atoms with E-state index in [4.69, 9.17) is 0 Å². The van der Waals surface area contributed by atoms with Crippen molar-refractivity contribution in [3.63, 3.8) is 0 Å². The van der Waals surface area contributed by atoms with E-state index >= 15 is 0 Å². The van der Waals surface area contributed by atoms with Gasteiger partial charge in [-0.3, -0.25) is 0 Å². The van der Waals surface area contributed by atoms with E-state index in [0.717, 1.165) is 32.6 Å². The smallest absolute Gasteiger partial charge is 0.0591 e. The van der Waals surface area contributed by atoms with Crippen LogP contribution in [0.15, 0.2) is 11.2 Å². The summed E-state index contributed by atoms with van der Waals surface area (Å²) in [4.78, 5) is 4.15. The predicted molar refractivity (Wildman–Crippen MR) is 60.8 cm³/mol. The number of nitrogens with one attached hydrogen (secondary N) is 2. The van der Waals surface area contributed by atoms with Crippen molar-refractivity contribution in [3.05, 3.63) is 6.20 Å². The van der Waals surface area contributed by atoms with Gasteiger partial charge in [-0.1, -0.05) is 12.8 Å². The maximum absolute atomic E-state index is 4.15. The minimum atomic E-state index is 0.880. The van der Waals surface area contributed by atoms with Crippen molar-refractivity contribution in [3.8, 4) is 0 Å². The minimum absolute atomic E-state index is 0.880. The Morgan fingerprint density at radius 1 is 0.929 bits per heavy atom. The van der Waals surface area contributed by atoms with E-state index < -0.39 is 0 Å². The number of aliphatic imine (C=N–C) groups is 1. The quantitative estimate of drug-likeness (QED) is 0.611. The first-order valence-corrected chi connectivity index (χ1v) is 5.68. The molecule has 0 aromatic rings. The summed E-state index contributed by atoms with van der Waals surface area (Å²) < 4.78 is 0. The van der Waals surface area contributed by atoms with Gasteiger partial charge in [0.15, 0.2) is 0 Å². The molecule has 0 saturated carbocycles. The van der Waals surface area contributed by atoms with Gasteiger partial charge in [0.1, 0.15) is 0 Å². The summed E-state index contributed by atoms with van der Waals surface area (Å²) in [6, 6.07) is 0. The molecule has 0 fully saturated rings. The van der Waals surface area contributed by atoms with Crippen molar-refractivity contribution in [2.45, 2.75) is 32.1 Å². The molecular formula is C11H21N3. The maximum Gasteiger partial charge on any atom is 0.0591 e. The van der Waals surface area contributed by atoms with Crippen LogP contribution in [0.25, 0.3) is 0 Å². The van der Waals surface area contributed by atoms with Crippen LogP contribution in [-0.4, -0.2) is 32.0 Å². The second-order valence-corrected chi connectivity index (χ2v) is 3.63. The highest BCUT2D eigenvalue weighted by Gasteiger charge is 1.91. The Kier molecular flexibility index (Phi) is 7.09. The van der Waals surface area contributed by atoms with Crippen molar-refractivity contribution in [2.75, 3.05) is 26.2 Å². The van der Waals surface area contributed by atoms with Gasteiger partial charge in [-0.25, -0.2) is 4.99 Å². The Hall–Kier alpha value is -0.790. The molecule has 0 amide bonds. The summed E-state index contributed by atoms with van der Waals surface area (Å²) in [6.07, 6.45) is 8.16. The van der Waals surface area contributed by atoms with Gasteiger partial charge in [0.05, 0.1) is 6.20 Å². The zero-order chi connectivity index (χ0) is 9.90. The lowest BCUT2D eigenvalue weighted by atomic mass is 10.2. The topological polar surface area (TPSA) is 36.4 Å². The van der Waals surface area contributed by atoms with Crippen LogP contribution in [0.3, 0.4) is 0 Å². The van der Waals surface area contributed by atoms with E-state index in [2.05, 4.69) is 21.5 Å². The van der Waals surface area contributed by atoms with Gasteiger partial charge >= 0.3 is 0 Å². The van der Waals surface area contributed by atoms with E-state index in [1.807, 2.05) is 6.20 Å². The highest BCUT2D eigenvalue weighted by molar-refractivity contribution is 5.50. The van der Waals surface area contributed by atoms with Gasteiger partial charge in [-0.15, -0.1) is 0 Å². The Balaban J connectivity index is 2.18. The standard InChI is InChI=1S/C11H21N3/c1-2-4-7-13-10-11-14-9-5-8-12-6-3-1/h10,12-13H,1-9H2. The van der Waals surface area contributed by atoms with E-state index in [1.165, 1.54) is 25.7 Å². The van der Waals surface area contributed by atoms with Gasteiger partial charge in [0.2, 0.25) is 0 Å². The highest BCUT2D eigenvalue weighted by atomic mass is 14.9. The molecule has 1 heterocycles. The van der Waals surface area contributed by atoms with Crippen LogP contribution in [0.4, 0.5) is 0 Å².